The molecule has 1 aromatic rings. The zero-order chi connectivity index (χ0) is 11.1. The molecule has 0 saturated heterocycles. The second-order valence-electron chi connectivity index (χ2n) is 4.04. The van der Waals surface area contributed by atoms with Gasteiger partial charge in [-0.2, -0.15) is 0 Å². The van der Waals surface area contributed by atoms with Crippen molar-refractivity contribution in [2.24, 2.45) is 0 Å². The Balaban J connectivity index is 0.000000810. The minimum absolute atomic E-state index is 0. The SMILES string of the molecule is O=C1C2=C(CCC=C2)C(=O)c2ccccc21.[H-].[Na+]. The molecule has 0 spiro atoms. The zero-order valence-electron chi connectivity index (χ0n) is 10.7. The third-order valence-electron chi connectivity index (χ3n) is 3.11. The van der Waals surface area contributed by atoms with Crippen molar-refractivity contribution in [3.8, 4) is 0 Å². The van der Waals surface area contributed by atoms with Crippen molar-refractivity contribution < 1.29 is 40.6 Å². The van der Waals surface area contributed by atoms with Crippen LogP contribution >= 0.6 is 0 Å². The van der Waals surface area contributed by atoms with E-state index in [1.807, 2.05) is 6.08 Å². The average Bonchev–Trinajstić information content (AvgIpc) is 2.36. The van der Waals surface area contributed by atoms with Crippen LogP contribution in [-0.2, 0) is 0 Å². The smallest absolute Gasteiger partial charge is 1.00 e. The molecule has 0 saturated carbocycles. The zero-order valence-corrected chi connectivity index (χ0v) is 11.7. The quantitative estimate of drug-likeness (QED) is 0.584. The number of benzene rings is 1. The molecule has 2 aliphatic carbocycles. The molecule has 0 atom stereocenters. The summed E-state index contributed by atoms with van der Waals surface area (Å²) in [5.74, 6) is 0.00991. The molecule has 2 nitrogen and oxygen atoms in total. The number of hydrogen-bond acceptors (Lipinski definition) is 2. The van der Waals surface area contributed by atoms with Crippen LogP contribution in [0.15, 0.2) is 47.6 Å². The van der Waals surface area contributed by atoms with Crippen LogP contribution in [0, 0.1) is 0 Å². The van der Waals surface area contributed by atoms with Crippen molar-refractivity contribution in [3.63, 3.8) is 0 Å². The van der Waals surface area contributed by atoms with E-state index in [2.05, 4.69) is 0 Å². The fourth-order valence-electron chi connectivity index (χ4n) is 2.30. The van der Waals surface area contributed by atoms with E-state index in [1.165, 1.54) is 0 Å². The van der Waals surface area contributed by atoms with Crippen LogP contribution in [0.3, 0.4) is 0 Å². The first-order valence-corrected chi connectivity index (χ1v) is 5.37. The van der Waals surface area contributed by atoms with Crippen molar-refractivity contribution in [1.29, 1.82) is 0 Å². The molecule has 0 amide bonds. The van der Waals surface area contributed by atoms with E-state index in [-0.39, 0.29) is 42.6 Å². The molecule has 0 bridgehead atoms. The van der Waals surface area contributed by atoms with Crippen LogP contribution < -0.4 is 29.6 Å². The number of carbonyl (C=O) groups is 2. The van der Waals surface area contributed by atoms with Crippen molar-refractivity contribution in [2.45, 2.75) is 12.8 Å². The molecular formula is C14H11NaO2. The Morgan fingerprint density at radius 1 is 1.00 bits per heavy atom. The van der Waals surface area contributed by atoms with Crippen molar-refractivity contribution >= 4 is 11.6 Å². The Morgan fingerprint density at radius 3 is 2.35 bits per heavy atom. The van der Waals surface area contributed by atoms with E-state index < -0.39 is 0 Å². The van der Waals surface area contributed by atoms with Gasteiger partial charge in [0.1, 0.15) is 0 Å². The van der Waals surface area contributed by atoms with Crippen LogP contribution in [0.4, 0.5) is 0 Å². The largest absolute Gasteiger partial charge is 1.00 e. The molecule has 80 valence electrons. The van der Waals surface area contributed by atoms with Crippen LogP contribution in [0.1, 0.15) is 35.0 Å². The molecule has 2 aliphatic rings. The first-order chi connectivity index (χ1) is 7.79. The van der Waals surface area contributed by atoms with Gasteiger partial charge in [-0.25, -0.2) is 0 Å². The summed E-state index contributed by atoms with van der Waals surface area (Å²) in [6.07, 6.45) is 5.28. The van der Waals surface area contributed by atoms with Crippen molar-refractivity contribution in [2.75, 3.05) is 0 Å². The summed E-state index contributed by atoms with van der Waals surface area (Å²) in [5.41, 5.74) is 2.38. The summed E-state index contributed by atoms with van der Waals surface area (Å²) in [6, 6.07) is 7.05. The second-order valence-corrected chi connectivity index (χ2v) is 4.04. The van der Waals surface area contributed by atoms with E-state index in [0.717, 1.165) is 6.42 Å². The Kier molecular flexibility index (Phi) is 3.48. The molecule has 17 heavy (non-hydrogen) atoms. The van der Waals surface area contributed by atoms with Crippen molar-refractivity contribution in [3.05, 3.63) is 58.7 Å². The summed E-state index contributed by atoms with van der Waals surface area (Å²) in [7, 11) is 0. The minimum Gasteiger partial charge on any atom is -1.00 e. The van der Waals surface area contributed by atoms with Gasteiger partial charge >= 0.3 is 29.6 Å². The maximum Gasteiger partial charge on any atom is 1.00 e. The first kappa shape index (κ1) is 12.5. The standard InChI is InChI=1S/C14H10O2.Na.H/c15-13-9-5-1-2-6-10(9)14(16)12-8-4-3-7-11(12)13;;/h1-3,5-7H,4,8H2;;/q;+1;-1. The molecule has 0 aromatic heterocycles. The Labute approximate surface area is 123 Å². The fraction of sp³-hybridized carbons (Fsp3) is 0.143. The van der Waals surface area contributed by atoms with Crippen LogP contribution in [0.25, 0.3) is 0 Å². The minimum atomic E-state index is -0.0128. The van der Waals surface area contributed by atoms with Crippen LogP contribution in [-0.4, -0.2) is 11.6 Å². The van der Waals surface area contributed by atoms with E-state index in [0.29, 0.717) is 28.7 Å². The van der Waals surface area contributed by atoms with E-state index >= 15 is 0 Å². The monoisotopic (exact) mass is 234 g/mol. The van der Waals surface area contributed by atoms with E-state index in [1.54, 1.807) is 30.3 Å². The third-order valence-corrected chi connectivity index (χ3v) is 3.11. The number of rotatable bonds is 0. The van der Waals surface area contributed by atoms with E-state index in [4.69, 9.17) is 0 Å². The summed E-state index contributed by atoms with van der Waals surface area (Å²) in [6.45, 7) is 0. The number of fused-ring (bicyclic) bond motifs is 1. The number of allylic oxidation sites excluding steroid dienone is 4. The van der Waals surface area contributed by atoms with Crippen molar-refractivity contribution in [1.82, 2.24) is 0 Å². The average molecular weight is 234 g/mol. The summed E-state index contributed by atoms with van der Waals surface area (Å²) in [5, 5.41) is 0. The molecule has 0 heterocycles. The molecule has 3 heteroatoms. The van der Waals surface area contributed by atoms with Crippen LogP contribution in [0.5, 0.6) is 0 Å². The fourth-order valence-corrected chi connectivity index (χ4v) is 2.30. The number of hydrogen-bond donors (Lipinski definition) is 0. The number of carbonyl (C=O) groups excluding carboxylic acids is 2. The van der Waals surface area contributed by atoms with Gasteiger partial charge in [0, 0.05) is 22.3 Å². The Morgan fingerprint density at radius 2 is 1.65 bits per heavy atom. The van der Waals surface area contributed by atoms with Gasteiger partial charge in [0.25, 0.3) is 0 Å². The molecular weight excluding hydrogens is 223 g/mol. The van der Waals surface area contributed by atoms with Gasteiger partial charge in [0.2, 0.25) is 0 Å². The van der Waals surface area contributed by atoms with E-state index in [9.17, 15) is 9.59 Å². The number of Topliss-reactive ketones (excluding diaryl/α,β-unsaturated/α-hetero) is 2. The van der Waals surface area contributed by atoms with Gasteiger partial charge in [-0.1, -0.05) is 36.4 Å². The predicted molar refractivity (Wildman–Crippen MR) is 61.6 cm³/mol. The molecule has 0 unspecified atom stereocenters. The summed E-state index contributed by atoms with van der Waals surface area (Å²) >= 11 is 0. The van der Waals surface area contributed by atoms with Gasteiger partial charge < -0.3 is 1.43 Å². The Hall–Kier alpha value is -0.960. The van der Waals surface area contributed by atoms with Gasteiger partial charge in [0.15, 0.2) is 11.6 Å². The van der Waals surface area contributed by atoms with Gasteiger partial charge in [-0.3, -0.25) is 9.59 Å². The molecule has 0 aliphatic heterocycles. The second kappa shape index (κ2) is 4.73. The molecule has 0 fully saturated rings. The molecule has 3 rings (SSSR count). The summed E-state index contributed by atoms with van der Waals surface area (Å²) < 4.78 is 0. The van der Waals surface area contributed by atoms with Gasteiger partial charge in [-0.05, 0) is 12.8 Å². The van der Waals surface area contributed by atoms with Crippen LogP contribution in [0.2, 0.25) is 0 Å². The number of ketones is 2. The first-order valence-electron chi connectivity index (χ1n) is 5.37. The molecule has 1 aromatic carbocycles. The molecule has 0 radical (unpaired) electrons. The molecule has 0 N–H and O–H groups in total. The maximum absolute atomic E-state index is 12.2. The third kappa shape index (κ3) is 1.86. The topological polar surface area (TPSA) is 34.1 Å². The van der Waals surface area contributed by atoms with Gasteiger partial charge in [0.05, 0.1) is 0 Å². The maximum atomic E-state index is 12.2. The summed E-state index contributed by atoms with van der Waals surface area (Å²) in [4.78, 5) is 24.3. The van der Waals surface area contributed by atoms with Gasteiger partial charge in [-0.15, -0.1) is 0 Å². The Bertz CT molecular complexity index is 573. The predicted octanol–water partition coefficient (Wildman–Crippen LogP) is -0.171. The normalized spacial score (nSPS) is 17.4.